The van der Waals surface area contributed by atoms with Gasteiger partial charge in [0.25, 0.3) is 0 Å². The van der Waals surface area contributed by atoms with Crippen LogP contribution in [0.1, 0.15) is 37.2 Å². The number of halogens is 2. The second kappa shape index (κ2) is 11.9. The molecule has 2 fully saturated rings. The van der Waals surface area contributed by atoms with E-state index in [9.17, 15) is 23.8 Å². The summed E-state index contributed by atoms with van der Waals surface area (Å²) in [5.41, 5.74) is -1.16. The molecule has 1 saturated carbocycles. The predicted octanol–water partition coefficient (Wildman–Crippen LogP) is 2.95. The summed E-state index contributed by atoms with van der Waals surface area (Å²) in [5, 5.41) is 23.0. The van der Waals surface area contributed by atoms with E-state index in [-0.39, 0.29) is 38.0 Å². The van der Waals surface area contributed by atoms with E-state index in [2.05, 4.69) is 12.1 Å². The Morgan fingerprint density at radius 1 is 1.00 bits per heavy atom. The Bertz CT molecular complexity index is 1030. The second-order valence-electron chi connectivity index (χ2n) is 10.5. The minimum Gasteiger partial charge on any atom is -0.490 e. The number of rotatable bonds is 8. The number of benzene rings is 2. The lowest BCUT2D eigenvalue weighted by Gasteiger charge is -2.40. The van der Waals surface area contributed by atoms with Gasteiger partial charge in [-0.3, -0.25) is 9.69 Å². The van der Waals surface area contributed by atoms with Crippen LogP contribution in [0.3, 0.4) is 0 Å². The molecule has 202 valence electrons. The first-order valence-electron chi connectivity index (χ1n) is 12.7. The van der Waals surface area contributed by atoms with Crippen LogP contribution in [0.5, 0.6) is 5.75 Å². The molecular weight excluding hydrogens is 482 g/mol. The molecule has 4 rings (SSSR count). The van der Waals surface area contributed by atoms with Gasteiger partial charge in [-0.05, 0) is 37.2 Å². The van der Waals surface area contributed by atoms with Crippen molar-refractivity contribution in [2.45, 2.75) is 42.8 Å². The topological polar surface area (TPSA) is 82.5 Å². The number of carbonyl (C=O) groups excluding carboxylic acids is 1. The first-order chi connectivity index (χ1) is 17.7. The molecule has 7 nitrogen and oxygen atoms in total. The van der Waals surface area contributed by atoms with E-state index in [1.54, 1.807) is 0 Å². The molecule has 1 atom stereocenters. The molecule has 2 N–H and O–H groups in total. The number of amides is 1. The van der Waals surface area contributed by atoms with Gasteiger partial charge in [0, 0.05) is 51.5 Å². The van der Waals surface area contributed by atoms with E-state index in [0.29, 0.717) is 38.4 Å². The van der Waals surface area contributed by atoms with E-state index < -0.39 is 22.8 Å². The van der Waals surface area contributed by atoms with Crippen molar-refractivity contribution >= 4 is 5.91 Å². The third kappa shape index (κ3) is 7.47. The average Bonchev–Trinajstić information content (AvgIpc) is 3.02. The molecule has 2 aromatic rings. The Morgan fingerprint density at radius 2 is 1.68 bits per heavy atom. The Balaban J connectivity index is 1.44. The number of ether oxygens (including phenoxy) is 2. The fraction of sp³-hybridized carbons (Fsp3) is 0.536. The van der Waals surface area contributed by atoms with E-state index in [4.69, 9.17) is 9.47 Å². The third-order valence-corrected chi connectivity index (χ3v) is 7.36. The zero-order valence-corrected chi connectivity index (χ0v) is 21.2. The maximum atomic E-state index is 13.6. The third-order valence-electron chi connectivity index (χ3n) is 7.36. The normalized spacial score (nSPS) is 27.1. The van der Waals surface area contributed by atoms with Gasteiger partial charge in [0.1, 0.15) is 36.2 Å². The lowest BCUT2D eigenvalue weighted by Crippen LogP contribution is -2.54. The molecule has 1 saturated heterocycles. The Kier molecular flexibility index (Phi) is 8.79. The quantitative estimate of drug-likeness (QED) is 0.559. The number of β-amino-alcohol motifs (C(OH)–C–C–N with tert-alkyl or cyclic N) is 2. The summed E-state index contributed by atoms with van der Waals surface area (Å²) in [6.45, 7) is 0.842. The maximum absolute atomic E-state index is 13.6. The monoisotopic (exact) mass is 518 g/mol. The molecule has 2 aliphatic rings. The minimum atomic E-state index is -1.53. The van der Waals surface area contributed by atoms with Crippen molar-refractivity contribution in [2.75, 3.05) is 53.0 Å². The van der Waals surface area contributed by atoms with Gasteiger partial charge >= 0.3 is 0 Å². The van der Waals surface area contributed by atoms with Gasteiger partial charge in [-0.2, -0.15) is 0 Å². The van der Waals surface area contributed by atoms with Crippen LogP contribution < -0.4 is 4.74 Å². The fourth-order valence-electron chi connectivity index (χ4n) is 5.51. The summed E-state index contributed by atoms with van der Waals surface area (Å²) in [6, 6.07) is 13.1. The summed E-state index contributed by atoms with van der Waals surface area (Å²) in [5.74, 6) is -1.48. The van der Waals surface area contributed by atoms with E-state index in [1.165, 1.54) is 17.6 Å². The van der Waals surface area contributed by atoms with E-state index in [1.807, 2.05) is 23.1 Å². The van der Waals surface area contributed by atoms with Crippen LogP contribution in [0.15, 0.2) is 48.5 Å². The summed E-state index contributed by atoms with van der Waals surface area (Å²) >= 11 is 0. The van der Waals surface area contributed by atoms with Crippen LogP contribution in [0.25, 0.3) is 0 Å². The van der Waals surface area contributed by atoms with Gasteiger partial charge in [0.2, 0.25) is 5.91 Å². The molecule has 0 aromatic heterocycles. The summed E-state index contributed by atoms with van der Waals surface area (Å²) in [7, 11) is 1.43. The number of carbonyl (C=O) groups is 1. The first kappa shape index (κ1) is 27.4. The SMILES string of the molecule is COCC(=O)N1CCN(CC2(O)CCC(c3ccccc3)CC2)CC(O)(COc2cc(F)cc(F)c2)C1. The first-order valence-corrected chi connectivity index (χ1v) is 12.7. The number of methoxy groups -OCH3 is 1. The summed E-state index contributed by atoms with van der Waals surface area (Å²) < 4.78 is 37.8. The fourth-order valence-corrected chi connectivity index (χ4v) is 5.51. The summed E-state index contributed by atoms with van der Waals surface area (Å²) in [4.78, 5) is 16.1. The second-order valence-corrected chi connectivity index (χ2v) is 10.5. The average molecular weight is 519 g/mol. The zero-order valence-electron chi connectivity index (χ0n) is 21.2. The van der Waals surface area contributed by atoms with Gasteiger partial charge in [0.15, 0.2) is 0 Å². The van der Waals surface area contributed by atoms with Crippen LogP contribution in [0.4, 0.5) is 8.78 Å². The molecule has 2 aromatic carbocycles. The highest BCUT2D eigenvalue weighted by atomic mass is 19.1. The van der Waals surface area contributed by atoms with Crippen molar-refractivity contribution in [3.8, 4) is 5.75 Å². The van der Waals surface area contributed by atoms with Crippen LogP contribution >= 0.6 is 0 Å². The molecule has 0 spiro atoms. The molecule has 0 bridgehead atoms. The minimum absolute atomic E-state index is 0.0298. The molecule has 9 heteroatoms. The highest BCUT2D eigenvalue weighted by molar-refractivity contribution is 5.77. The highest BCUT2D eigenvalue weighted by Crippen LogP contribution is 2.38. The van der Waals surface area contributed by atoms with E-state index in [0.717, 1.165) is 31.0 Å². The smallest absolute Gasteiger partial charge is 0.248 e. The van der Waals surface area contributed by atoms with Gasteiger partial charge in [-0.25, -0.2) is 8.78 Å². The van der Waals surface area contributed by atoms with Crippen molar-refractivity contribution in [1.82, 2.24) is 9.80 Å². The molecule has 1 aliphatic heterocycles. The largest absolute Gasteiger partial charge is 0.490 e. The molecule has 37 heavy (non-hydrogen) atoms. The number of nitrogens with zero attached hydrogens (tertiary/aromatic N) is 2. The molecule has 1 aliphatic carbocycles. The molecule has 1 amide bonds. The van der Waals surface area contributed by atoms with Crippen LogP contribution in [0, 0.1) is 11.6 Å². The lowest BCUT2D eigenvalue weighted by molar-refractivity contribution is -0.138. The Morgan fingerprint density at radius 3 is 2.32 bits per heavy atom. The van der Waals surface area contributed by atoms with Gasteiger partial charge in [-0.1, -0.05) is 30.3 Å². The van der Waals surface area contributed by atoms with Crippen molar-refractivity contribution < 1.29 is 33.3 Å². The number of aliphatic hydroxyl groups is 2. The van der Waals surface area contributed by atoms with Crippen molar-refractivity contribution in [2.24, 2.45) is 0 Å². The van der Waals surface area contributed by atoms with Crippen molar-refractivity contribution in [1.29, 1.82) is 0 Å². The standard InChI is InChI=1S/C28H36F2N2O5/c1-36-16-26(33)32-12-11-31(17-27(34)9-7-22(8-10-27)21-5-3-2-4-6-21)18-28(35,19-32)20-37-25-14-23(29)13-24(30)15-25/h2-6,13-15,22,34-35H,7-12,16-20H2,1H3. The van der Waals surface area contributed by atoms with Crippen LogP contribution in [-0.2, 0) is 9.53 Å². The van der Waals surface area contributed by atoms with Crippen molar-refractivity contribution in [3.05, 3.63) is 65.7 Å². The number of hydrogen-bond donors (Lipinski definition) is 2. The molecule has 0 radical (unpaired) electrons. The predicted molar refractivity (Wildman–Crippen MR) is 134 cm³/mol. The zero-order chi connectivity index (χ0) is 26.5. The molecular formula is C28H36F2N2O5. The van der Waals surface area contributed by atoms with Gasteiger partial charge in [0.05, 0.1) is 12.1 Å². The van der Waals surface area contributed by atoms with Gasteiger partial charge < -0.3 is 24.6 Å². The maximum Gasteiger partial charge on any atom is 0.248 e. The highest BCUT2D eigenvalue weighted by Gasteiger charge is 2.41. The van der Waals surface area contributed by atoms with Crippen LogP contribution in [-0.4, -0.2) is 90.2 Å². The van der Waals surface area contributed by atoms with Crippen molar-refractivity contribution in [3.63, 3.8) is 0 Å². The molecule has 1 heterocycles. The Labute approximate surface area is 216 Å². The number of hydrogen-bond acceptors (Lipinski definition) is 6. The Hall–Kier alpha value is -2.59. The molecule has 1 unspecified atom stereocenters. The lowest BCUT2D eigenvalue weighted by atomic mass is 9.76. The van der Waals surface area contributed by atoms with Gasteiger partial charge in [-0.15, -0.1) is 0 Å². The summed E-state index contributed by atoms with van der Waals surface area (Å²) in [6.07, 6.45) is 3.00. The van der Waals surface area contributed by atoms with Crippen LogP contribution in [0.2, 0.25) is 0 Å². The van der Waals surface area contributed by atoms with E-state index >= 15 is 0 Å².